The van der Waals surface area contributed by atoms with Crippen LogP contribution < -0.4 is 10.5 Å². The molecule has 102 valence electrons. The fraction of sp³-hybridized carbons (Fsp3) is 0.455. The molecule has 0 aliphatic heterocycles. The van der Waals surface area contributed by atoms with Crippen molar-refractivity contribution in [3.8, 4) is 11.5 Å². The highest BCUT2D eigenvalue weighted by molar-refractivity contribution is 5.49. The second-order valence-corrected chi connectivity index (χ2v) is 3.73. The van der Waals surface area contributed by atoms with Crippen molar-refractivity contribution in [2.24, 2.45) is 5.73 Å². The standard InChI is InChI=1S/C11H14F3NO3/c1-18-6-4-7(9(15)2-3-16)10(17)8(5-6)11(12,13)14/h4-5,9,16-17H,2-3,15H2,1H3. The Kier molecular flexibility index (Phi) is 4.42. The van der Waals surface area contributed by atoms with Crippen molar-refractivity contribution < 1.29 is 28.1 Å². The van der Waals surface area contributed by atoms with Crippen LogP contribution in [0.15, 0.2) is 12.1 Å². The van der Waals surface area contributed by atoms with Gasteiger partial charge in [0.25, 0.3) is 0 Å². The molecule has 18 heavy (non-hydrogen) atoms. The van der Waals surface area contributed by atoms with Crippen LogP contribution in [0.4, 0.5) is 13.2 Å². The van der Waals surface area contributed by atoms with Gasteiger partial charge in [0.2, 0.25) is 0 Å². The normalized spacial score (nSPS) is 13.4. The van der Waals surface area contributed by atoms with Crippen molar-refractivity contribution in [1.82, 2.24) is 0 Å². The molecular formula is C11H14F3NO3. The number of ether oxygens (including phenoxy) is 1. The quantitative estimate of drug-likeness (QED) is 0.776. The molecule has 0 aliphatic carbocycles. The number of methoxy groups -OCH3 is 1. The molecule has 0 aliphatic rings. The van der Waals surface area contributed by atoms with Crippen molar-refractivity contribution >= 4 is 0 Å². The van der Waals surface area contributed by atoms with Gasteiger partial charge in [0.15, 0.2) is 0 Å². The Morgan fingerprint density at radius 3 is 2.44 bits per heavy atom. The average molecular weight is 265 g/mol. The monoisotopic (exact) mass is 265 g/mol. The van der Waals surface area contributed by atoms with Crippen molar-refractivity contribution in [3.05, 3.63) is 23.3 Å². The molecule has 1 aromatic rings. The van der Waals surface area contributed by atoms with E-state index in [1.165, 1.54) is 13.2 Å². The lowest BCUT2D eigenvalue weighted by Gasteiger charge is -2.18. The number of hydrogen-bond donors (Lipinski definition) is 3. The lowest BCUT2D eigenvalue weighted by Crippen LogP contribution is -2.15. The third-order valence-corrected chi connectivity index (χ3v) is 2.49. The highest BCUT2D eigenvalue weighted by atomic mass is 19.4. The summed E-state index contributed by atoms with van der Waals surface area (Å²) in [6, 6.07) is 1.03. The number of phenols is 1. The van der Waals surface area contributed by atoms with Gasteiger partial charge in [-0.3, -0.25) is 0 Å². The first-order valence-corrected chi connectivity index (χ1v) is 5.15. The van der Waals surface area contributed by atoms with E-state index in [9.17, 15) is 18.3 Å². The van der Waals surface area contributed by atoms with Crippen LogP contribution in [0.1, 0.15) is 23.6 Å². The SMILES string of the molecule is COc1cc(C(N)CCO)c(O)c(C(F)(F)F)c1. The van der Waals surface area contributed by atoms with Crippen LogP contribution in [0.25, 0.3) is 0 Å². The minimum Gasteiger partial charge on any atom is -0.507 e. The number of alkyl halides is 3. The van der Waals surface area contributed by atoms with Crippen molar-refractivity contribution in [3.63, 3.8) is 0 Å². The summed E-state index contributed by atoms with van der Waals surface area (Å²) in [6.07, 6.45) is -4.66. The molecule has 0 saturated carbocycles. The first-order valence-electron chi connectivity index (χ1n) is 5.15. The van der Waals surface area contributed by atoms with E-state index in [2.05, 4.69) is 0 Å². The van der Waals surface area contributed by atoms with E-state index in [-0.39, 0.29) is 24.3 Å². The maximum absolute atomic E-state index is 12.7. The van der Waals surface area contributed by atoms with Crippen molar-refractivity contribution in [2.75, 3.05) is 13.7 Å². The van der Waals surface area contributed by atoms with Gasteiger partial charge in [-0.2, -0.15) is 13.2 Å². The van der Waals surface area contributed by atoms with Crippen LogP contribution in [0.5, 0.6) is 11.5 Å². The van der Waals surface area contributed by atoms with E-state index in [0.717, 1.165) is 0 Å². The van der Waals surface area contributed by atoms with E-state index in [1.807, 2.05) is 0 Å². The molecule has 4 nitrogen and oxygen atoms in total. The Hall–Kier alpha value is -1.47. The first-order chi connectivity index (χ1) is 8.31. The van der Waals surface area contributed by atoms with E-state index in [1.54, 1.807) is 0 Å². The highest BCUT2D eigenvalue weighted by Crippen LogP contribution is 2.42. The summed E-state index contributed by atoms with van der Waals surface area (Å²) in [7, 11) is 1.22. The molecule has 1 atom stereocenters. The van der Waals surface area contributed by atoms with Crippen LogP contribution in [-0.4, -0.2) is 23.9 Å². The highest BCUT2D eigenvalue weighted by Gasteiger charge is 2.36. The number of nitrogens with two attached hydrogens (primary N) is 1. The topological polar surface area (TPSA) is 75.7 Å². The molecule has 1 rings (SSSR count). The van der Waals surface area contributed by atoms with Crippen LogP contribution in [0, 0.1) is 0 Å². The van der Waals surface area contributed by atoms with Gasteiger partial charge in [-0.25, -0.2) is 0 Å². The predicted octanol–water partition coefficient (Wildman–Crippen LogP) is 1.80. The lowest BCUT2D eigenvalue weighted by atomic mass is 9.99. The number of aliphatic hydroxyl groups is 1. The third-order valence-electron chi connectivity index (χ3n) is 2.49. The maximum atomic E-state index is 12.7. The molecule has 0 heterocycles. The van der Waals surface area contributed by atoms with Crippen LogP contribution in [0.3, 0.4) is 0 Å². The zero-order chi connectivity index (χ0) is 13.9. The van der Waals surface area contributed by atoms with Crippen molar-refractivity contribution in [2.45, 2.75) is 18.6 Å². The summed E-state index contributed by atoms with van der Waals surface area (Å²) in [6.45, 7) is -0.292. The molecular weight excluding hydrogens is 251 g/mol. The second kappa shape index (κ2) is 5.45. The Bertz CT molecular complexity index is 421. The van der Waals surface area contributed by atoms with Crippen LogP contribution in [0.2, 0.25) is 0 Å². The van der Waals surface area contributed by atoms with Gasteiger partial charge in [-0.05, 0) is 18.6 Å². The van der Waals surface area contributed by atoms with Crippen LogP contribution in [-0.2, 0) is 6.18 Å². The third kappa shape index (κ3) is 3.05. The van der Waals surface area contributed by atoms with E-state index in [4.69, 9.17) is 15.6 Å². The van der Waals surface area contributed by atoms with Gasteiger partial charge in [-0.1, -0.05) is 0 Å². The van der Waals surface area contributed by atoms with Crippen LogP contribution >= 0.6 is 0 Å². The number of benzene rings is 1. The summed E-state index contributed by atoms with van der Waals surface area (Å²) < 4.78 is 42.8. The second-order valence-electron chi connectivity index (χ2n) is 3.73. The van der Waals surface area contributed by atoms with Gasteiger partial charge in [0, 0.05) is 18.2 Å². The Labute approximate surface area is 102 Å². The largest absolute Gasteiger partial charge is 0.507 e. The molecule has 0 amide bonds. The van der Waals surface area contributed by atoms with Gasteiger partial charge in [-0.15, -0.1) is 0 Å². The summed E-state index contributed by atoms with van der Waals surface area (Å²) in [4.78, 5) is 0. The number of phenolic OH excluding ortho intramolecular Hbond substituents is 1. The minimum atomic E-state index is -4.70. The molecule has 0 aromatic heterocycles. The summed E-state index contributed by atoms with van der Waals surface area (Å²) in [5, 5.41) is 18.3. The zero-order valence-electron chi connectivity index (χ0n) is 9.66. The lowest BCUT2D eigenvalue weighted by molar-refractivity contribution is -0.138. The van der Waals surface area contributed by atoms with Crippen molar-refractivity contribution in [1.29, 1.82) is 0 Å². The van der Waals surface area contributed by atoms with E-state index in [0.29, 0.717) is 6.07 Å². The molecule has 0 saturated heterocycles. The van der Waals surface area contributed by atoms with Gasteiger partial charge in [0.1, 0.15) is 17.1 Å². The molecule has 4 N–H and O–H groups in total. The molecule has 7 heteroatoms. The molecule has 0 radical (unpaired) electrons. The minimum absolute atomic E-state index is 0.0397. The fourth-order valence-corrected chi connectivity index (χ4v) is 1.54. The Balaban J connectivity index is 3.34. The Morgan fingerprint density at radius 2 is 2.00 bits per heavy atom. The smallest absolute Gasteiger partial charge is 0.420 e. The number of aliphatic hydroxyl groups excluding tert-OH is 1. The molecule has 1 unspecified atom stereocenters. The summed E-state index contributed by atoms with van der Waals surface area (Å²) >= 11 is 0. The number of aromatic hydroxyl groups is 1. The van der Waals surface area contributed by atoms with Gasteiger partial charge >= 0.3 is 6.18 Å². The number of halogens is 3. The molecule has 1 aromatic carbocycles. The molecule has 0 spiro atoms. The maximum Gasteiger partial charge on any atom is 0.420 e. The van der Waals surface area contributed by atoms with Gasteiger partial charge in [0.05, 0.1) is 7.11 Å². The summed E-state index contributed by atoms with van der Waals surface area (Å²) in [5.74, 6) is -0.979. The summed E-state index contributed by atoms with van der Waals surface area (Å²) in [5.41, 5.74) is 4.29. The number of rotatable bonds is 4. The predicted molar refractivity (Wildman–Crippen MR) is 58.3 cm³/mol. The zero-order valence-corrected chi connectivity index (χ0v) is 9.66. The molecule has 0 bridgehead atoms. The van der Waals surface area contributed by atoms with Gasteiger partial charge < -0.3 is 20.7 Å². The Morgan fingerprint density at radius 1 is 1.39 bits per heavy atom. The first kappa shape index (κ1) is 14.6. The van der Waals surface area contributed by atoms with E-state index < -0.39 is 23.5 Å². The van der Waals surface area contributed by atoms with E-state index >= 15 is 0 Å². The number of hydrogen-bond acceptors (Lipinski definition) is 4. The fourth-order valence-electron chi connectivity index (χ4n) is 1.54. The average Bonchev–Trinajstić information content (AvgIpc) is 2.28. The molecule has 0 fully saturated rings.